The number of anilines is 1. The van der Waals surface area contributed by atoms with Gasteiger partial charge < -0.3 is 5.32 Å². The Morgan fingerprint density at radius 2 is 1.93 bits per heavy atom. The molecule has 0 unspecified atom stereocenters. The van der Waals surface area contributed by atoms with Crippen LogP contribution in [0.1, 0.15) is 29.8 Å². The average Bonchev–Trinajstić information content (AvgIpc) is 2.30. The van der Waals surface area contributed by atoms with Crippen molar-refractivity contribution < 1.29 is 9.59 Å². The van der Waals surface area contributed by atoms with Gasteiger partial charge in [0.25, 0.3) is 0 Å². The van der Waals surface area contributed by atoms with Crippen molar-refractivity contribution in [3.8, 4) is 0 Å². The van der Waals surface area contributed by atoms with Gasteiger partial charge in [-0.2, -0.15) is 0 Å². The van der Waals surface area contributed by atoms with Crippen molar-refractivity contribution in [3.63, 3.8) is 0 Å². The lowest BCUT2D eigenvalue weighted by molar-refractivity contribution is -0.104. The fourth-order valence-corrected chi connectivity index (χ4v) is 1.27. The predicted octanol–water partition coefficient (Wildman–Crippen LogP) is 2.44. The standard InChI is InChI=1S/C10H11NO2.C2H6/c1-7-4-3-5-8(9(13)6-12)10(7)11-2;1-2/h3-6,11H,1-2H3;1-2H3. The minimum absolute atomic E-state index is 0.329. The minimum atomic E-state index is -0.493. The van der Waals surface area contributed by atoms with E-state index in [-0.39, 0.29) is 0 Å². The molecule has 3 nitrogen and oxygen atoms in total. The zero-order chi connectivity index (χ0) is 11.8. The molecule has 0 aromatic heterocycles. The SMILES string of the molecule is CC.CNc1c(C)cccc1C(=O)C=O. The number of Topliss-reactive ketones (excluding diaryl/α,β-unsaturated/α-hetero) is 1. The maximum absolute atomic E-state index is 11.1. The monoisotopic (exact) mass is 207 g/mol. The molecule has 0 aliphatic heterocycles. The average molecular weight is 207 g/mol. The van der Waals surface area contributed by atoms with Gasteiger partial charge >= 0.3 is 0 Å². The van der Waals surface area contributed by atoms with Crippen LogP contribution >= 0.6 is 0 Å². The van der Waals surface area contributed by atoms with Gasteiger partial charge in [-0.3, -0.25) is 9.59 Å². The maximum Gasteiger partial charge on any atom is 0.227 e. The first-order valence-corrected chi connectivity index (χ1v) is 4.97. The number of benzene rings is 1. The second-order valence-electron chi connectivity index (χ2n) is 2.73. The van der Waals surface area contributed by atoms with Crippen LogP contribution in [0.5, 0.6) is 0 Å². The van der Waals surface area contributed by atoms with Crippen LogP contribution < -0.4 is 5.32 Å². The summed E-state index contributed by atoms with van der Waals surface area (Å²) in [6, 6.07) is 5.27. The highest BCUT2D eigenvalue weighted by molar-refractivity contribution is 6.34. The zero-order valence-corrected chi connectivity index (χ0v) is 9.63. The van der Waals surface area contributed by atoms with E-state index in [1.54, 1.807) is 19.2 Å². The molecule has 0 radical (unpaired) electrons. The molecule has 0 atom stereocenters. The van der Waals surface area contributed by atoms with E-state index in [9.17, 15) is 9.59 Å². The van der Waals surface area contributed by atoms with E-state index in [0.29, 0.717) is 11.8 Å². The van der Waals surface area contributed by atoms with Crippen LogP contribution in [-0.4, -0.2) is 19.1 Å². The van der Waals surface area contributed by atoms with Crippen LogP contribution in [-0.2, 0) is 4.79 Å². The minimum Gasteiger partial charge on any atom is -0.387 e. The van der Waals surface area contributed by atoms with Crippen LogP contribution in [0.15, 0.2) is 18.2 Å². The number of aryl methyl sites for hydroxylation is 1. The van der Waals surface area contributed by atoms with Crippen LogP contribution in [0, 0.1) is 6.92 Å². The first-order valence-electron chi connectivity index (χ1n) is 4.97. The third-order valence-electron chi connectivity index (χ3n) is 1.90. The van der Waals surface area contributed by atoms with Crippen molar-refractivity contribution in [1.29, 1.82) is 0 Å². The molecule has 0 spiro atoms. The molecule has 0 saturated carbocycles. The summed E-state index contributed by atoms with van der Waals surface area (Å²) in [5.41, 5.74) is 2.10. The number of rotatable bonds is 3. The van der Waals surface area contributed by atoms with Crippen LogP contribution in [0.3, 0.4) is 0 Å². The molecular formula is C12H17NO2. The van der Waals surface area contributed by atoms with Crippen LogP contribution in [0.4, 0.5) is 5.69 Å². The van der Waals surface area contributed by atoms with Gasteiger partial charge in [0.05, 0.1) is 0 Å². The molecule has 0 amide bonds. The van der Waals surface area contributed by atoms with Crippen molar-refractivity contribution in [2.45, 2.75) is 20.8 Å². The number of ketones is 1. The van der Waals surface area contributed by atoms with Gasteiger partial charge in [0, 0.05) is 18.3 Å². The Bertz CT molecular complexity index is 345. The highest BCUT2D eigenvalue weighted by atomic mass is 16.2. The van der Waals surface area contributed by atoms with Crippen molar-refractivity contribution in [2.75, 3.05) is 12.4 Å². The van der Waals surface area contributed by atoms with Crippen LogP contribution in [0.2, 0.25) is 0 Å². The Balaban J connectivity index is 0.000000921. The van der Waals surface area contributed by atoms with E-state index in [2.05, 4.69) is 5.32 Å². The second kappa shape index (κ2) is 6.76. The number of para-hydroxylation sites is 1. The smallest absolute Gasteiger partial charge is 0.227 e. The van der Waals surface area contributed by atoms with E-state index in [1.165, 1.54) is 0 Å². The Morgan fingerprint density at radius 1 is 1.33 bits per heavy atom. The normalized spacial score (nSPS) is 8.53. The lowest BCUT2D eigenvalue weighted by Gasteiger charge is -2.08. The molecule has 1 rings (SSSR count). The lowest BCUT2D eigenvalue weighted by atomic mass is 10.1. The molecule has 0 aliphatic carbocycles. The molecule has 1 aromatic rings. The first kappa shape index (κ1) is 13.4. The van der Waals surface area contributed by atoms with E-state index in [0.717, 1.165) is 11.3 Å². The van der Waals surface area contributed by atoms with E-state index < -0.39 is 5.78 Å². The van der Waals surface area contributed by atoms with Crippen molar-refractivity contribution in [3.05, 3.63) is 29.3 Å². The summed E-state index contributed by atoms with van der Waals surface area (Å²) in [4.78, 5) is 21.4. The fourth-order valence-electron chi connectivity index (χ4n) is 1.27. The summed E-state index contributed by atoms with van der Waals surface area (Å²) in [5, 5.41) is 2.90. The van der Waals surface area contributed by atoms with Gasteiger partial charge in [0.1, 0.15) is 0 Å². The highest BCUT2D eigenvalue weighted by Gasteiger charge is 2.10. The zero-order valence-electron chi connectivity index (χ0n) is 9.63. The fraction of sp³-hybridized carbons (Fsp3) is 0.333. The molecule has 1 aromatic carbocycles. The summed E-state index contributed by atoms with van der Waals surface area (Å²) in [6.07, 6.45) is 0.329. The van der Waals surface area contributed by atoms with Gasteiger partial charge in [0.2, 0.25) is 5.78 Å². The third-order valence-corrected chi connectivity index (χ3v) is 1.90. The van der Waals surface area contributed by atoms with Crippen molar-refractivity contribution in [1.82, 2.24) is 0 Å². The van der Waals surface area contributed by atoms with Crippen molar-refractivity contribution >= 4 is 17.8 Å². The van der Waals surface area contributed by atoms with E-state index in [1.807, 2.05) is 26.8 Å². The highest BCUT2D eigenvalue weighted by Crippen LogP contribution is 2.19. The molecule has 0 heterocycles. The summed E-state index contributed by atoms with van der Waals surface area (Å²) in [7, 11) is 1.73. The summed E-state index contributed by atoms with van der Waals surface area (Å²) < 4.78 is 0. The van der Waals surface area contributed by atoms with Gasteiger partial charge in [-0.25, -0.2) is 0 Å². The topological polar surface area (TPSA) is 46.2 Å². The van der Waals surface area contributed by atoms with Gasteiger partial charge in [-0.05, 0) is 18.6 Å². The quantitative estimate of drug-likeness (QED) is 0.470. The molecule has 0 fully saturated rings. The largest absolute Gasteiger partial charge is 0.387 e. The number of hydrogen-bond donors (Lipinski definition) is 1. The molecule has 0 bridgehead atoms. The molecule has 0 aliphatic rings. The number of hydrogen-bond acceptors (Lipinski definition) is 3. The second-order valence-corrected chi connectivity index (χ2v) is 2.73. The van der Waals surface area contributed by atoms with E-state index >= 15 is 0 Å². The Labute approximate surface area is 90.5 Å². The van der Waals surface area contributed by atoms with Crippen LogP contribution in [0.25, 0.3) is 0 Å². The lowest BCUT2D eigenvalue weighted by Crippen LogP contribution is -2.05. The molecule has 3 heteroatoms. The number of nitrogens with one attached hydrogen (secondary N) is 1. The molecule has 15 heavy (non-hydrogen) atoms. The Morgan fingerprint density at radius 3 is 2.40 bits per heavy atom. The number of carbonyl (C=O) groups is 2. The first-order chi connectivity index (χ1) is 7.20. The predicted molar refractivity (Wildman–Crippen MR) is 62.5 cm³/mol. The third kappa shape index (κ3) is 3.20. The van der Waals surface area contributed by atoms with Crippen molar-refractivity contribution in [2.24, 2.45) is 0 Å². The molecular weight excluding hydrogens is 190 g/mol. The van der Waals surface area contributed by atoms with Gasteiger partial charge in [-0.15, -0.1) is 0 Å². The Hall–Kier alpha value is -1.64. The van der Waals surface area contributed by atoms with Gasteiger partial charge in [-0.1, -0.05) is 26.0 Å². The summed E-state index contributed by atoms with van der Waals surface area (Å²) in [6.45, 7) is 5.88. The maximum atomic E-state index is 11.1. The number of aldehydes is 1. The number of carbonyl (C=O) groups excluding carboxylic acids is 2. The summed E-state index contributed by atoms with van der Waals surface area (Å²) >= 11 is 0. The van der Waals surface area contributed by atoms with E-state index in [4.69, 9.17) is 0 Å². The van der Waals surface area contributed by atoms with Gasteiger partial charge in [0.15, 0.2) is 6.29 Å². The molecule has 1 N–H and O–H groups in total. The molecule has 0 saturated heterocycles. The Kier molecular flexibility index (Phi) is 6.02. The summed E-state index contributed by atoms with van der Waals surface area (Å²) in [5.74, 6) is -0.493. The molecule has 82 valence electrons.